The number of ether oxygens (including phenoxy) is 1. The highest BCUT2D eigenvalue weighted by Crippen LogP contribution is 2.39. The Balaban J connectivity index is 3.03. The van der Waals surface area contributed by atoms with Crippen LogP contribution in [0.1, 0.15) is 37.5 Å². The van der Waals surface area contributed by atoms with Crippen LogP contribution < -0.4 is 4.74 Å². The normalized spacial score (nSPS) is 12.6. The minimum atomic E-state index is -1.82. The van der Waals surface area contributed by atoms with Gasteiger partial charge in [0.25, 0.3) is 0 Å². The Kier molecular flexibility index (Phi) is 4.93. The minimum absolute atomic E-state index is 0.159. The van der Waals surface area contributed by atoms with Crippen molar-refractivity contribution in [1.29, 1.82) is 0 Å². The van der Waals surface area contributed by atoms with E-state index in [1.807, 2.05) is 19.9 Å². The molecule has 0 saturated heterocycles. The summed E-state index contributed by atoms with van der Waals surface area (Å²) in [6, 6.07) is 1.88. The van der Waals surface area contributed by atoms with Crippen molar-refractivity contribution in [3.05, 3.63) is 22.8 Å². The SMILES string of the molecule is COc1cc(CO[Si](C)(C)C(C)(C)C)c(O)c(C)c1C. The number of benzene rings is 1. The number of hydrogen-bond acceptors (Lipinski definition) is 3. The molecule has 4 heteroatoms. The van der Waals surface area contributed by atoms with Gasteiger partial charge in [-0.25, -0.2) is 0 Å². The van der Waals surface area contributed by atoms with E-state index in [0.29, 0.717) is 12.4 Å². The van der Waals surface area contributed by atoms with Gasteiger partial charge in [0.15, 0.2) is 8.32 Å². The highest BCUT2D eigenvalue weighted by atomic mass is 28.4. The van der Waals surface area contributed by atoms with Crippen LogP contribution in [-0.4, -0.2) is 20.5 Å². The molecule has 0 aliphatic rings. The highest BCUT2D eigenvalue weighted by Gasteiger charge is 2.37. The van der Waals surface area contributed by atoms with E-state index in [2.05, 4.69) is 33.9 Å². The first-order chi connectivity index (χ1) is 9.01. The lowest BCUT2D eigenvalue weighted by atomic mass is 10.0. The molecule has 0 aliphatic heterocycles. The Morgan fingerprint density at radius 1 is 1.15 bits per heavy atom. The van der Waals surface area contributed by atoms with Gasteiger partial charge in [0.2, 0.25) is 0 Å². The number of phenolic OH excluding ortho intramolecular Hbond substituents is 1. The van der Waals surface area contributed by atoms with E-state index in [1.165, 1.54) is 0 Å². The maximum atomic E-state index is 10.3. The fourth-order valence-electron chi connectivity index (χ4n) is 1.73. The van der Waals surface area contributed by atoms with Crippen molar-refractivity contribution in [3.8, 4) is 11.5 Å². The third kappa shape index (κ3) is 3.36. The second-order valence-electron chi connectivity index (χ2n) is 6.89. The van der Waals surface area contributed by atoms with Crippen LogP contribution in [0.3, 0.4) is 0 Å². The predicted octanol–water partition coefficient (Wildman–Crippen LogP) is 4.54. The lowest BCUT2D eigenvalue weighted by Gasteiger charge is -2.36. The molecule has 1 aromatic carbocycles. The summed E-state index contributed by atoms with van der Waals surface area (Å²) in [5, 5.41) is 10.4. The molecule has 0 saturated carbocycles. The summed E-state index contributed by atoms with van der Waals surface area (Å²) >= 11 is 0. The Morgan fingerprint density at radius 2 is 1.70 bits per heavy atom. The van der Waals surface area contributed by atoms with Gasteiger partial charge in [0.1, 0.15) is 11.5 Å². The van der Waals surface area contributed by atoms with Gasteiger partial charge >= 0.3 is 0 Å². The maximum Gasteiger partial charge on any atom is 0.192 e. The molecule has 3 nitrogen and oxygen atoms in total. The highest BCUT2D eigenvalue weighted by molar-refractivity contribution is 6.74. The van der Waals surface area contributed by atoms with E-state index >= 15 is 0 Å². The molecule has 1 N–H and O–H groups in total. The number of hydrogen-bond donors (Lipinski definition) is 1. The average Bonchev–Trinajstić information content (AvgIpc) is 2.34. The van der Waals surface area contributed by atoms with E-state index in [0.717, 1.165) is 22.4 Å². The van der Waals surface area contributed by atoms with Crippen LogP contribution >= 0.6 is 0 Å². The zero-order valence-electron chi connectivity index (χ0n) is 14.0. The van der Waals surface area contributed by atoms with E-state index in [-0.39, 0.29) is 5.04 Å². The topological polar surface area (TPSA) is 38.7 Å². The summed E-state index contributed by atoms with van der Waals surface area (Å²) in [4.78, 5) is 0. The van der Waals surface area contributed by atoms with Gasteiger partial charge in [0.05, 0.1) is 13.7 Å². The number of methoxy groups -OCH3 is 1. The maximum absolute atomic E-state index is 10.3. The Morgan fingerprint density at radius 3 is 2.15 bits per heavy atom. The minimum Gasteiger partial charge on any atom is -0.507 e. The van der Waals surface area contributed by atoms with Gasteiger partial charge in [-0.3, -0.25) is 0 Å². The van der Waals surface area contributed by atoms with Gasteiger partial charge in [-0.1, -0.05) is 20.8 Å². The molecule has 0 radical (unpaired) electrons. The fourth-order valence-corrected chi connectivity index (χ4v) is 2.68. The quantitative estimate of drug-likeness (QED) is 0.829. The summed E-state index contributed by atoms with van der Waals surface area (Å²) in [5.74, 6) is 1.12. The smallest absolute Gasteiger partial charge is 0.192 e. The number of rotatable bonds is 4. The largest absolute Gasteiger partial charge is 0.507 e. The van der Waals surface area contributed by atoms with Crippen LogP contribution in [0.4, 0.5) is 0 Å². The van der Waals surface area contributed by atoms with Gasteiger partial charge in [-0.2, -0.15) is 0 Å². The molecule has 0 bridgehead atoms. The van der Waals surface area contributed by atoms with E-state index in [4.69, 9.17) is 9.16 Å². The zero-order valence-corrected chi connectivity index (χ0v) is 15.0. The first kappa shape index (κ1) is 17.0. The Bertz CT molecular complexity index is 487. The summed E-state index contributed by atoms with van der Waals surface area (Å²) < 4.78 is 11.5. The first-order valence-corrected chi connectivity index (χ1v) is 9.92. The van der Waals surface area contributed by atoms with Crippen molar-refractivity contribution in [1.82, 2.24) is 0 Å². The molecule has 0 amide bonds. The van der Waals surface area contributed by atoms with Crippen molar-refractivity contribution >= 4 is 8.32 Å². The molecule has 0 heterocycles. The second kappa shape index (κ2) is 5.78. The molecule has 0 unspecified atom stereocenters. The van der Waals surface area contributed by atoms with Gasteiger partial charge in [-0.15, -0.1) is 0 Å². The number of aromatic hydroxyl groups is 1. The molecule has 0 aliphatic carbocycles. The molecule has 114 valence electrons. The monoisotopic (exact) mass is 296 g/mol. The Labute approximate surface area is 124 Å². The predicted molar refractivity (Wildman–Crippen MR) is 86.1 cm³/mol. The van der Waals surface area contributed by atoms with Gasteiger partial charge in [-0.05, 0) is 49.2 Å². The van der Waals surface area contributed by atoms with Crippen LogP contribution in [0.5, 0.6) is 11.5 Å². The van der Waals surface area contributed by atoms with Crippen LogP contribution in [-0.2, 0) is 11.0 Å². The lowest BCUT2D eigenvalue weighted by Crippen LogP contribution is -2.40. The lowest BCUT2D eigenvalue weighted by molar-refractivity contribution is 0.270. The molecule has 20 heavy (non-hydrogen) atoms. The summed E-state index contributed by atoms with van der Waals surface area (Å²) in [6.45, 7) is 15.3. The summed E-state index contributed by atoms with van der Waals surface area (Å²) in [5.41, 5.74) is 2.63. The van der Waals surface area contributed by atoms with Crippen molar-refractivity contribution in [2.24, 2.45) is 0 Å². The molecule has 1 aromatic rings. The van der Waals surface area contributed by atoms with Crippen LogP contribution in [0, 0.1) is 13.8 Å². The summed E-state index contributed by atoms with van der Waals surface area (Å²) in [7, 11) is -0.171. The van der Waals surface area contributed by atoms with Crippen LogP contribution in [0.15, 0.2) is 6.07 Å². The second-order valence-corrected chi connectivity index (χ2v) is 11.7. The van der Waals surface area contributed by atoms with Gasteiger partial charge in [0, 0.05) is 5.56 Å². The third-order valence-corrected chi connectivity index (χ3v) is 8.99. The molecule has 0 aromatic heterocycles. The molecular formula is C16H28O3Si. The third-order valence-electron chi connectivity index (χ3n) is 4.51. The summed E-state index contributed by atoms with van der Waals surface area (Å²) in [6.07, 6.45) is 0. The van der Waals surface area contributed by atoms with Crippen molar-refractivity contribution in [2.75, 3.05) is 7.11 Å². The molecule has 0 spiro atoms. The molecule has 0 atom stereocenters. The van der Waals surface area contributed by atoms with Gasteiger partial charge < -0.3 is 14.3 Å². The van der Waals surface area contributed by atoms with E-state index in [1.54, 1.807) is 7.11 Å². The molecular weight excluding hydrogens is 268 g/mol. The van der Waals surface area contributed by atoms with Crippen LogP contribution in [0.25, 0.3) is 0 Å². The Hall–Kier alpha value is -1.00. The number of phenols is 1. The van der Waals surface area contributed by atoms with Crippen molar-refractivity contribution in [2.45, 2.75) is 59.4 Å². The fraction of sp³-hybridized carbons (Fsp3) is 0.625. The zero-order chi connectivity index (χ0) is 15.7. The first-order valence-electron chi connectivity index (χ1n) is 7.01. The van der Waals surface area contributed by atoms with E-state index < -0.39 is 8.32 Å². The standard InChI is InChI=1S/C16H28O3Si/c1-11-12(2)15(17)13(9-14(11)18-6)10-19-20(7,8)16(3,4)5/h9,17H,10H2,1-8H3. The average molecular weight is 296 g/mol. The molecule has 0 fully saturated rings. The van der Waals surface area contributed by atoms with E-state index in [9.17, 15) is 5.11 Å². The van der Waals surface area contributed by atoms with Crippen LogP contribution in [0.2, 0.25) is 18.1 Å². The van der Waals surface area contributed by atoms with Crippen molar-refractivity contribution < 1.29 is 14.3 Å². The molecule has 1 rings (SSSR count). The van der Waals surface area contributed by atoms with Crippen molar-refractivity contribution in [3.63, 3.8) is 0 Å².